The Morgan fingerprint density at radius 1 is 1.16 bits per heavy atom. The summed E-state index contributed by atoms with van der Waals surface area (Å²) in [5.41, 5.74) is 0.855. The third-order valence-electron chi connectivity index (χ3n) is 3.06. The Morgan fingerprint density at radius 2 is 1.95 bits per heavy atom. The smallest absolute Gasteiger partial charge is 0.303 e. The van der Waals surface area contributed by atoms with Crippen LogP contribution in [0, 0.1) is 0 Å². The van der Waals surface area contributed by atoms with Crippen LogP contribution in [0.25, 0.3) is 10.8 Å². The van der Waals surface area contributed by atoms with Crippen LogP contribution >= 0.6 is 0 Å². The molecule has 0 fully saturated rings. The fourth-order valence-corrected chi connectivity index (χ4v) is 2.09. The van der Waals surface area contributed by atoms with E-state index in [9.17, 15) is 9.90 Å². The zero-order chi connectivity index (χ0) is 13.7. The van der Waals surface area contributed by atoms with Gasteiger partial charge in [0.25, 0.3) is 0 Å². The van der Waals surface area contributed by atoms with Crippen molar-refractivity contribution < 1.29 is 15.0 Å². The second-order valence-corrected chi connectivity index (χ2v) is 4.46. The largest absolute Gasteiger partial charge is 0.508 e. The quantitative estimate of drug-likeness (QED) is 0.697. The molecular formula is C15H17NO3. The van der Waals surface area contributed by atoms with Gasteiger partial charge in [-0.15, -0.1) is 0 Å². The van der Waals surface area contributed by atoms with Gasteiger partial charge in [0.2, 0.25) is 0 Å². The van der Waals surface area contributed by atoms with Crippen molar-refractivity contribution in [1.29, 1.82) is 0 Å². The molecule has 3 N–H and O–H groups in total. The predicted octanol–water partition coefficient (Wildman–Crippen LogP) is 2.50. The molecule has 2 aromatic carbocycles. The molecule has 0 aromatic heterocycles. The maximum Gasteiger partial charge on any atom is 0.303 e. The number of hydrogen-bond donors (Lipinski definition) is 3. The summed E-state index contributed by atoms with van der Waals surface area (Å²) < 4.78 is 0. The highest BCUT2D eigenvalue weighted by Crippen LogP contribution is 2.26. The third-order valence-corrected chi connectivity index (χ3v) is 3.06. The van der Waals surface area contributed by atoms with E-state index in [0.717, 1.165) is 16.3 Å². The summed E-state index contributed by atoms with van der Waals surface area (Å²) >= 11 is 0. The second-order valence-electron chi connectivity index (χ2n) is 4.46. The Morgan fingerprint density at radius 3 is 2.74 bits per heavy atom. The van der Waals surface area contributed by atoms with E-state index < -0.39 is 5.97 Å². The second kappa shape index (κ2) is 6.20. The predicted molar refractivity (Wildman–Crippen MR) is 74.2 cm³/mol. The first-order chi connectivity index (χ1) is 9.18. The molecule has 2 rings (SSSR count). The van der Waals surface area contributed by atoms with Crippen molar-refractivity contribution in [2.24, 2.45) is 0 Å². The maximum absolute atomic E-state index is 10.4. The van der Waals surface area contributed by atoms with Crippen LogP contribution in [0.4, 0.5) is 0 Å². The van der Waals surface area contributed by atoms with Crippen molar-refractivity contribution >= 4 is 16.7 Å². The fourth-order valence-electron chi connectivity index (χ4n) is 2.09. The summed E-state index contributed by atoms with van der Waals surface area (Å²) in [6.07, 6.45) is 0.745. The van der Waals surface area contributed by atoms with E-state index in [-0.39, 0.29) is 12.2 Å². The van der Waals surface area contributed by atoms with Gasteiger partial charge in [-0.2, -0.15) is 0 Å². The molecule has 0 aliphatic heterocycles. The van der Waals surface area contributed by atoms with Gasteiger partial charge in [0.1, 0.15) is 5.75 Å². The van der Waals surface area contributed by atoms with E-state index in [4.69, 9.17) is 5.11 Å². The summed E-state index contributed by atoms with van der Waals surface area (Å²) in [7, 11) is 0. The number of aliphatic carboxylic acids is 1. The first kappa shape index (κ1) is 13.4. The molecule has 0 radical (unpaired) electrons. The molecule has 0 unspecified atom stereocenters. The lowest BCUT2D eigenvalue weighted by molar-refractivity contribution is -0.137. The lowest BCUT2D eigenvalue weighted by atomic mass is 10.0. The summed E-state index contributed by atoms with van der Waals surface area (Å²) in [6.45, 7) is 1.15. The minimum absolute atomic E-state index is 0.161. The summed E-state index contributed by atoms with van der Waals surface area (Å²) in [5, 5.41) is 23.7. The third kappa shape index (κ3) is 3.45. The van der Waals surface area contributed by atoms with Crippen LogP contribution in [-0.4, -0.2) is 22.7 Å². The van der Waals surface area contributed by atoms with E-state index >= 15 is 0 Å². The van der Waals surface area contributed by atoms with Gasteiger partial charge in [0.05, 0.1) is 0 Å². The van der Waals surface area contributed by atoms with Gasteiger partial charge in [0.15, 0.2) is 0 Å². The number of nitrogens with one attached hydrogen (secondary N) is 1. The molecule has 0 spiro atoms. The molecule has 4 heteroatoms. The minimum atomic E-state index is -0.783. The number of benzene rings is 2. The Labute approximate surface area is 111 Å². The lowest BCUT2D eigenvalue weighted by Gasteiger charge is -2.10. The molecule has 0 atom stereocenters. The van der Waals surface area contributed by atoms with Crippen molar-refractivity contribution in [3.05, 3.63) is 42.0 Å². The average molecular weight is 259 g/mol. The van der Waals surface area contributed by atoms with Crippen LogP contribution in [0.15, 0.2) is 36.4 Å². The van der Waals surface area contributed by atoms with Crippen LogP contribution in [-0.2, 0) is 11.3 Å². The molecule has 0 aliphatic rings. The van der Waals surface area contributed by atoms with E-state index in [1.807, 2.05) is 30.3 Å². The van der Waals surface area contributed by atoms with Crippen molar-refractivity contribution in [2.75, 3.05) is 6.54 Å². The molecule has 2 aromatic rings. The van der Waals surface area contributed by atoms with Gasteiger partial charge in [-0.3, -0.25) is 4.79 Å². The van der Waals surface area contributed by atoms with Crippen LogP contribution in [0.5, 0.6) is 5.75 Å². The highest BCUT2D eigenvalue weighted by molar-refractivity contribution is 5.87. The van der Waals surface area contributed by atoms with Gasteiger partial charge in [-0.25, -0.2) is 0 Å². The Bertz CT molecular complexity index is 581. The molecule has 19 heavy (non-hydrogen) atoms. The Hall–Kier alpha value is -2.07. The van der Waals surface area contributed by atoms with Crippen LogP contribution in [0.2, 0.25) is 0 Å². The number of aromatic hydroxyl groups is 1. The zero-order valence-corrected chi connectivity index (χ0v) is 10.6. The van der Waals surface area contributed by atoms with Crippen molar-refractivity contribution in [3.63, 3.8) is 0 Å². The number of phenolic OH excluding ortho intramolecular Hbond substituents is 1. The number of carbonyl (C=O) groups is 1. The minimum Gasteiger partial charge on any atom is -0.508 e. The van der Waals surface area contributed by atoms with Gasteiger partial charge in [-0.05, 0) is 29.8 Å². The zero-order valence-electron chi connectivity index (χ0n) is 10.6. The molecule has 0 saturated carbocycles. The highest BCUT2D eigenvalue weighted by atomic mass is 16.4. The van der Waals surface area contributed by atoms with Crippen LogP contribution < -0.4 is 5.32 Å². The maximum atomic E-state index is 10.4. The van der Waals surface area contributed by atoms with Gasteiger partial charge >= 0.3 is 5.97 Å². The molecule has 0 heterocycles. The topological polar surface area (TPSA) is 69.6 Å². The van der Waals surface area contributed by atoms with E-state index in [0.29, 0.717) is 19.5 Å². The number of fused-ring (bicyclic) bond motifs is 1. The Kier molecular flexibility index (Phi) is 4.36. The van der Waals surface area contributed by atoms with Crippen LogP contribution in [0.1, 0.15) is 18.4 Å². The monoisotopic (exact) mass is 259 g/mol. The number of hydrogen-bond acceptors (Lipinski definition) is 3. The van der Waals surface area contributed by atoms with Gasteiger partial charge in [0, 0.05) is 18.5 Å². The number of carboxylic acid groups (broad SMARTS) is 1. The number of carboxylic acids is 1. The van der Waals surface area contributed by atoms with Crippen molar-refractivity contribution in [3.8, 4) is 5.75 Å². The van der Waals surface area contributed by atoms with Crippen molar-refractivity contribution in [1.82, 2.24) is 5.32 Å². The molecular weight excluding hydrogens is 242 g/mol. The van der Waals surface area contributed by atoms with Gasteiger partial charge in [-0.1, -0.05) is 30.3 Å². The lowest BCUT2D eigenvalue weighted by Crippen LogP contribution is -2.16. The number of rotatable bonds is 6. The molecule has 0 bridgehead atoms. The Balaban J connectivity index is 2.03. The summed E-state index contributed by atoms with van der Waals surface area (Å²) in [4.78, 5) is 10.4. The summed E-state index contributed by atoms with van der Waals surface area (Å²) in [6, 6.07) is 11.5. The van der Waals surface area contributed by atoms with E-state index in [1.54, 1.807) is 6.07 Å². The standard InChI is InChI=1S/C15H17NO3/c17-14-8-7-11-4-1-2-5-12(11)13(14)10-16-9-3-6-15(18)19/h1-2,4-5,7-8,16-17H,3,6,9-10H2,(H,18,19). The van der Waals surface area contributed by atoms with Crippen LogP contribution in [0.3, 0.4) is 0 Å². The normalized spacial score (nSPS) is 10.7. The first-order valence-electron chi connectivity index (χ1n) is 6.30. The first-order valence-corrected chi connectivity index (χ1v) is 6.30. The van der Waals surface area contributed by atoms with Gasteiger partial charge < -0.3 is 15.5 Å². The average Bonchev–Trinajstić information content (AvgIpc) is 2.40. The molecule has 4 nitrogen and oxygen atoms in total. The van der Waals surface area contributed by atoms with E-state index in [2.05, 4.69) is 5.32 Å². The van der Waals surface area contributed by atoms with Crippen molar-refractivity contribution in [2.45, 2.75) is 19.4 Å². The SMILES string of the molecule is O=C(O)CCCNCc1c(O)ccc2ccccc12. The molecule has 100 valence electrons. The summed E-state index contributed by atoms with van der Waals surface area (Å²) in [5.74, 6) is -0.515. The van der Waals surface area contributed by atoms with E-state index in [1.165, 1.54) is 0 Å². The molecule has 0 amide bonds. The highest BCUT2D eigenvalue weighted by Gasteiger charge is 2.06. The fraction of sp³-hybridized carbons (Fsp3) is 0.267. The molecule has 0 aliphatic carbocycles. The molecule has 0 saturated heterocycles. The number of phenols is 1.